The van der Waals surface area contributed by atoms with Crippen LogP contribution in [0.3, 0.4) is 0 Å². The Bertz CT molecular complexity index is 3260. The summed E-state index contributed by atoms with van der Waals surface area (Å²) >= 11 is 7.07. The second-order valence-electron chi connectivity index (χ2n) is 23.8. The number of nitrogens with zero attached hydrogens (tertiary/aromatic N) is 3. The Kier molecular flexibility index (Phi) is 36.5. The van der Waals surface area contributed by atoms with E-state index in [0.717, 1.165) is 41.5 Å². The molecule has 0 aliphatic carbocycles. The van der Waals surface area contributed by atoms with Crippen LogP contribution in [0.15, 0.2) is 95.0 Å². The number of unbranched alkanes of at least 4 members (excludes halogenated alkanes) is 3. The summed E-state index contributed by atoms with van der Waals surface area (Å²) in [5.41, 5.74) is 31.4. The fourth-order valence-corrected chi connectivity index (χ4v) is 11.6. The summed E-state index contributed by atoms with van der Waals surface area (Å²) in [5, 5.41) is 57.2. The van der Waals surface area contributed by atoms with Crippen LogP contribution < -0.4 is 76.1 Å². The monoisotopic (exact) mass is 1470 g/mol. The number of likely N-dealkylation sites (N-methyl/N-ethyl adjacent to an activating group) is 1. The van der Waals surface area contributed by atoms with Gasteiger partial charge in [-0.25, -0.2) is 0 Å². The molecule has 1 fully saturated rings. The zero-order chi connectivity index (χ0) is 71.6. The fourth-order valence-electron chi connectivity index (χ4n) is 10.5. The number of primary amides is 1. The maximum absolute atomic E-state index is 15.2. The number of rotatable bonds is 34. The number of carbonyl (C=O) groups is 9. The van der Waals surface area contributed by atoms with Crippen LogP contribution in [0.5, 0.6) is 5.75 Å². The van der Waals surface area contributed by atoms with E-state index in [2.05, 4.69) is 52.2 Å². The van der Waals surface area contributed by atoms with Crippen LogP contribution in [0.2, 0.25) is 0 Å². The van der Waals surface area contributed by atoms with E-state index in [-0.39, 0.29) is 81.0 Å². The van der Waals surface area contributed by atoms with Gasteiger partial charge in [-0.15, -0.1) is 5.75 Å². The average Bonchev–Trinajstić information content (AvgIpc) is 1.76. The minimum atomic E-state index is -1.44. The SMILES string of the molecule is CC(C)C1NC(=O)C(CCCCN)NC(=O)C(Cc2c[nH]c3ccccc23)NC(=O)C(Cc2ccc(O)cc2)NC(=O)C(Cc2ccccc2)N(C)C(=O)C(CCSCC(=O)NCC(N)C([O-])=NC(CCCCN)C([O-])=NC(C[S-])C(=O)NC(CCCCN)C(N)=O)NC1=O.[O]=[Tc+3]. The number of aromatic hydroxyl groups is 1. The van der Waals surface area contributed by atoms with Crippen molar-refractivity contribution in [1.29, 1.82) is 0 Å². The first-order chi connectivity index (χ1) is 46.5. The van der Waals surface area contributed by atoms with Crippen molar-refractivity contribution in [1.82, 2.24) is 47.1 Å². The number of thioether (sulfide) groups is 1. The second kappa shape index (κ2) is 43.4. The second-order valence-corrected chi connectivity index (χ2v) is 25.2. The number of nitrogens with two attached hydrogens (primary N) is 5. The van der Waals surface area contributed by atoms with E-state index in [4.69, 9.17) is 44.8 Å². The van der Waals surface area contributed by atoms with Gasteiger partial charge in [0, 0.05) is 56.0 Å². The number of aromatic nitrogens is 1. The van der Waals surface area contributed by atoms with E-state index in [1.165, 1.54) is 24.1 Å². The molecule has 0 radical (unpaired) electrons. The van der Waals surface area contributed by atoms with Crippen LogP contribution >= 0.6 is 11.8 Å². The van der Waals surface area contributed by atoms with Crippen molar-refractivity contribution in [2.75, 3.05) is 50.5 Å². The number of phenols is 1. The van der Waals surface area contributed by atoms with E-state index in [1.54, 1.807) is 62.5 Å². The van der Waals surface area contributed by atoms with Gasteiger partial charge in [-0.1, -0.05) is 74.5 Å². The molecule has 0 saturated carbocycles. The van der Waals surface area contributed by atoms with Gasteiger partial charge in [0.15, 0.2) is 0 Å². The van der Waals surface area contributed by atoms with E-state index < -0.39 is 138 Å². The predicted molar refractivity (Wildman–Crippen MR) is 363 cm³/mol. The average molecular weight is 1470 g/mol. The Hall–Kier alpha value is -7.84. The molecule has 9 amide bonds. The first-order valence-corrected chi connectivity index (χ1v) is 34.7. The van der Waals surface area contributed by atoms with Gasteiger partial charge >= 0.3 is 22.4 Å². The molecular formula is C65H93N16O13S2Tc. The number of fused-ring (bicyclic) bond motifs is 1. The van der Waals surface area contributed by atoms with Crippen LogP contribution in [0, 0.1) is 5.92 Å². The third-order valence-corrected chi connectivity index (χ3v) is 17.3. The molecule has 5 rings (SSSR count). The summed E-state index contributed by atoms with van der Waals surface area (Å²) in [6.45, 7) is 3.85. The number of H-pyrrole nitrogens is 1. The number of phenolic OH excluding ortho intramolecular Hbond substituents is 1. The fraction of sp³-hybridized carbons (Fsp3) is 0.523. The van der Waals surface area contributed by atoms with Crippen molar-refractivity contribution >= 4 is 100 Å². The van der Waals surface area contributed by atoms with Crippen molar-refractivity contribution in [2.24, 2.45) is 44.6 Å². The molecule has 0 bridgehead atoms. The number of carbonyl (C=O) groups excluding carboxylic acids is 9. The Labute approximate surface area is 585 Å². The quantitative estimate of drug-likeness (QED) is 0.00989. The van der Waals surface area contributed by atoms with Crippen molar-refractivity contribution in [3.05, 3.63) is 102 Å². The Morgan fingerprint density at radius 3 is 1.89 bits per heavy atom. The maximum atomic E-state index is 15.2. The Morgan fingerprint density at radius 2 is 1.25 bits per heavy atom. The van der Waals surface area contributed by atoms with Gasteiger partial charge in [-0.2, -0.15) is 11.8 Å². The van der Waals surface area contributed by atoms with Crippen molar-refractivity contribution in [2.45, 2.75) is 158 Å². The molecule has 1 aliphatic rings. The van der Waals surface area contributed by atoms with Crippen LogP contribution in [-0.2, 0) is 97.4 Å². The number of nitrogens with one attached hydrogen (secondary N) is 8. The molecule has 3 aromatic carbocycles. The van der Waals surface area contributed by atoms with Gasteiger partial charge in [0.2, 0.25) is 53.2 Å². The molecule has 10 unspecified atom stereocenters. The van der Waals surface area contributed by atoms with Gasteiger partial charge in [0.1, 0.15) is 54.1 Å². The van der Waals surface area contributed by atoms with Crippen molar-refractivity contribution < 1.29 is 80.8 Å². The van der Waals surface area contributed by atoms with E-state index in [1.807, 2.05) is 24.3 Å². The molecule has 0 spiro atoms. The number of benzene rings is 3. The molecule has 29 nitrogen and oxygen atoms in total. The summed E-state index contributed by atoms with van der Waals surface area (Å²) in [4.78, 5) is 140. The molecule has 1 aliphatic heterocycles. The third-order valence-electron chi connectivity index (χ3n) is 16.0. The molecule has 1 aromatic heterocycles. The van der Waals surface area contributed by atoms with Gasteiger partial charge < -0.3 is 104 Å². The number of hydrogen-bond acceptors (Lipinski definition) is 21. The third kappa shape index (κ3) is 27.2. The van der Waals surface area contributed by atoms with Crippen molar-refractivity contribution in [3.63, 3.8) is 0 Å². The Balaban J connectivity index is 0.00000990. The number of para-hydroxylation sites is 1. The number of aromatic amines is 1. The minimum absolute atomic E-state index is 0.00855. The molecule has 32 heteroatoms. The zero-order valence-corrected chi connectivity index (χ0v) is 58.3. The van der Waals surface area contributed by atoms with Crippen LogP contribution in [0.4, 0.5) is 0 Å². The van der Waals surface area contributed by atoms with Gasteiger partial charge in [0.05, 0.1) is 11.8 Å². The standard InChI is InChI=1S/C65H96N16O12S2.O.Tc/c1-38(2)55-64(92)76-49(26-30-95-37-54(83)72-35-44(69)57(85)74-47(20-10-13-28-67)58(86)79-52(36-94)62(90)73-46(56(70)84)19-9-12-27-66)65(93)81(3)53(32-39-15-5-4-6-16-39)63(91)78-50(31-40-22-24-42(82)25-23-40)60(88)77-51(33-41-34-71-45-18-8-7-17-43(41)45)61(89)75-48(59(87)80-55)21-11-14-29-68;;/h4-8,15-18,22-25,34,38,44,46-53,55,71,82,94H,9-14,19-21,26-33,35-37,66-69H2,1-3H3,(H2,70,84)(H,72,83)(H,73,90)(H,74,85)(H,75,89)(H,76,92)(H,77,88)(H,78,91)(H,79,86)(H,80,87);;/q;;+3/p-3. The van der Waals surface area contributed by atoms with Gasteiger partial charge in [-0.05, 0) is 142 Å². The molecule has 2 heterocycles. The van der Waals surface area contributed by atoms with Gasteiger partial charge in [0.25, 0.3) is 0 Å². The summed E-state index contributed by atoms with van der Waals surface area (Å²) in [6, 6.07) is 8.79. The van der Waals surface area contributed by atoms with E-state index in [0.29, 0.717) is 61.8 Å². The molecule has 530 valence electrons. The summed E-state index contributed by atoms with van der Waals surface area (Å²) in [5.74, 6) is -9.85. The number of hydrogen-bond donors (Lipinski definition) is 14. The first-order valence-electron chi connectivity index (χ1n) is 32.2. The summed E-state index contributed by atoms with van der Waals surface area (Å²) in [6.07, 6.45) is 4.31. The summed E-state index contributed by atoms with van der Waals surface area (Å²) < 4.78 is 8.22. The number of aliphatic imine (C=N–C) groups is 2. The predicted octanol–water partition coefficient (Wildman–Crippen LogP) is -2.57. The van der Waals surface area contributed by atoms with E-state index >= 15 is 9.59 Å². The molecule has 1 saturated heterocycles. The van der Waals surface area contributed by atoms with Crippen LogP contribution in [0.25, 0.3) is 10.9 Å². The number of amides is 9. The molecule has 10 atom stereocenters. The van der Waals surface area contributed by atoms with Gasteiger partial charge in [-0.3, -0.25) is 53.1 Å². The topological polar surface area (TPSA) is 495 Å². The van der Waals surface area contributed by atoms with Crippen molar-refractivity contribution in [3.8, 4) is 5.75 Å². The van der Waals surface area contributed by atoms with E-state index in [9.17, 15) is 48.9 Å². The zero-order valence-electron chi connectivity index (χ0n) is 54.8. The Morgan fingerprint density at radius 1 is 0.680 bits per heavy atom. The normalized spacial score (nSPS) is 19.9. The molecule has 97 heavy (non-hydrogen) atoms. The molecule has 4 aromatic rings. The molecule has 19 N–H and O–H groups in total. The van der Waals surface area contributed by atoms with Crippen LogP contribution in [-0.4, -0.2) is 191 Å². The van der Waals surface area contributed by atoms with Crippen LogP contribution in [0.1, 0.15) is 94.7 Å². The summed E-state index contributed by atoms with van der Waals surface area (Å²) in [7, 11) is 1.38. The first kappa shape index (κ1) is 81.6. The molecular weight excluding hydrogens is 1370 g/mol.